The van der Waals surface area contributed by atoms with Crippen molar-refractivity contribution >= 4 is 11.9 Å². The van der Waals surface area contributed by atoms with E-state index in [1.165, 1.54) is 83.5 Å². The monoisotopic (exact) mass is 898 g/mol. The lowest BCUT2D eigenvalue weighted by atomic mass is 10.0. The van der Waals surface area contributed by atoms with Gasteiger partial charge < -0.3 is 20.3 Å². The van der Waals surface area contributed by atoms with E-state index < -0.39 is 18.2 Å². The van der Waals surface area contributed by atoms with Crippen LogP contribution in [0.1, 0.15) is 201 Å². The molecule has 1 amide bonds. The van der Waals surface area contributed by atoms with E-state index >= 15 is 0 Å². The Kier molecular flexibility index (Phi) is 47.9. The van der Waals surface area contributed by atoms with E-state index in [1.54, 1.807) is 0 Å². The van der Waals surface area contributed by atoms with Gasteiger partial charge in [0.1, 0.15) is 6.10 Å². The number of unbranched alkanes of at least 4 members (excludes halogenated alkanes) is 19. The number of ether oxygens (including phenoxy) is 1. The minimum Gasteiger partial charge on any atom is -0.462 e. The van der Waals surface area contributed by atoms with Crippen molar-refractivity contribution in [2.45, 2.75) is 219 Å². The summed E-state index contributed by atoms with van der Waals surface area (Å²) in [6, 6.07) is -0.745. The summed E-state index contributed by atoms with van der Waals surface area (Å²) in [6.07, 6.45) is 72.2. The molecule has 0 aromatic heterocycles. The second-order valence-electron chi connectivity index (χ2n) is 17.1. The van der Waals surface area contributed by atoms with Crippen LogP contribution < -0.4 is 5.32 Å². The van der Waals surface area contributed by atoms with Crippen LogP contribution in [-0.4, -0.2) is 46.9 Å². The zero-order chi connectivity index (χ0) is 47.4. The quantitative estimate of drug-likeness (QED) is 0.0322. The summed E-state index contributed by atoms with van der Waals surface area (Å²) in [6.45, 7) is 6.16. The standard InChI is InChI=1S/C59H95NO5/c1-4-7-10-13-16-19-22-25-28-31-33-36-39-42-45-48-51-57(62)56(54-61)60-58(63)53-55(50-47-44-41-38-35-32-29-26-23-20-17-14-11-8-5-2)65-59(64)52-49-46-43-40-37-34-30-27-24-21-18-15-12-9-6-3/h8-9,11-12,14-15,17-18,20-21,23-24,26-27,29-30,32,34-35,37-38,41,55-57,61-62H,4-7,10,13,16,19,22,25,28,31,33,36,39-40,42-54H2,1-3H3,(H,60,63)/b11-8-,12-9+,17-14+,18-15+,23-20+,24-21-,29-26-,30-27-,35-32+,37-34+,41-38+. The van der Waals surface area contributed by atoms with Crippen molar-refractivity contribution in [3.63, 3.8) is 0 Å². The highest BCUT2D eigenvalue weighted by Gasteiger charge is 2.24. The fourth-order valence-electron chi connectivity index (χ4n) is 7.13. The first-order chi connectivity index (χ1) is 32.0. The van der Waals surface area contributed by atoms with Crippen molar-refractivity contribution in [3.8, 4) is 0 Å². The van der Waals surface area contributed by atoms with E-state index in [2.05, 4.69) is 50.4 Å². The Morgan fingerprint density at radius 2 is 0.846 bits per heavy atom. The fraction of sp³-hybridized carbons (Fsp3) is 0.593. The number of hydrogen-bond acceptors (Lipinski definition) is 5. The van der Waals surface area contributed by atoms with Crippen LogP contribution in [0.3, 0.4) is 0 Å². The van der Waals surface area contributed by atoms with Crippen LogP contribution >= 0.6 is 0 Å². The van der Waals surface area contributed by atoms with Gasteiger partial charge in [-0.2, -0.15) is 0 Å². The summed E-state index contributed by atoms with van der Waals surface area (Å²) >= 11 is 0. The van der Waals surface area contributed by atoms with Crippen LogP contribution in [0.25, 0.3) is 0 Å². The second kappa shape index (κ2) is 51.0. The topological polar surface area (TPSA) is 95.9 Å². The zero-order valence-electron chi connectivity index (χ0n) is 41.6. The average molecular weight is 898 g/mol. The Balaban J connectivity index is 4.79. The lowest BCUT2D eigenvalue weighted by molar-refractivity contribution is -0.151. The van der Waals surface area contributed by atoms with Crippen LogP contribution in [0.4, 0.5) is 0 Å². The molecule has 0 rings (SSSR count). The number of amides is 1. The molecule has 0 aromatic rings. The van der Waals surface area contributed by atoms with Crippen LogP contribution in [0.2, 0.25) is 0 Å². The third-order valence-electron chi connectivity index (χ3n) is 11.0. The molecule has 0 radical (unpaired) electrons. The molecule has 3 atom stereocenters. The molecule has 0 aliphatic carbocycles. The number of aliphatic hydroxyl groups is 2. The van der Waals surface area contributed by atoms with Crippen molar-refractivity contribution in [2.75, 3.05) is 6.61 Å². The predicted molar refractivity (Wildman–Crippen MR) is 282 cm³/mol. The number of nitrogens with one attached hydrogen (secondary N) is 1. The van der Waals surface area contributed by atoms with Gasteiger partial charge in [-0.3, -0.25) is 9.59 Å². The second-order valence-corrected chi connectivity index (χ2v) is 17.1. The van der Waals surface area contributed by atoms with E-state index in [9.17, 15) is 19.8 Å². The molecule has 0 fully saturated rings. The van der Waals surface area contributed by atoms with Crippen LogP contribution in [0.15, 0.2) is 134 Å². The number of carbonyl (C=O) groups is 2. The van der Waals surface area contributed by atoms with E-state index in [0.29, 0.717) is 19.3 Å². The zero-order valence-corrected chi connectivity index (χ0v) is 41.6. The minimum absolute atomic E-state index is 0.000287. The summed E-state index contributed by atoms with van der Waals surface area (Å²) in [5, 5.41) is 23.8. The van der Waals surface area contributed by atoms with Gasteiger partial charge in [-0.1, -0.05) is 264 Å². The molecule has 3 unspecified atom stereocenters. The SMILES string of the molecule is CC\C=C/C=C/C=C/C=C\C=C\C=C\CCCC(CC(=O)NC(CO)C(O)CCCCCCCCCCCCCCCCCC)OC(=O)CCCCC/C=C/C=C\C=C/C=C/C=C/CC. The lowest BCUT2D eigenvalue weighted by Gasteiger charge is -2.24. The molecule has 0 spiro atoms. The van der Waals surface area contributed by atoms with E-state index in [4.69, 9.17) is 4.74 Å². The molecule has 0 saturated carbocycles. The summed E-state index contributed by atoms with van der Waals surface area (Å²) in [5.41, 5.74) is 0. The Morgan fingerprint density at radius 1 is 0.462 bits per heavy atom. The van der Waals surface area contributed by atoms with Gasteiger partial charge in [-0.25, -0.2) is 0 Å². The highest BCUT2D eigenvalue weighted by Crippen LogP contribution is 2.17. The molecule has 0 heterocycles. The first-order valence-electron chi connectivity index (χ1n) is 26.1. The largest absolute Gasteiger partial charge is 0.462 e. The highest BCUT2D eigenvalue weighted by atomic mass is 16.5. The lowest BCUT2D eigenvalue weighted by Crippen LogP contribution is -2.46. The van der Waals surface area contributed by atoms with Crippen molar-refractivity contribution in [1.29, 1.82) is 0 Å². The summed E-state index contributed by atoms with van der Waals surface area (Å²) in [7, 11) is 0. The molecule has 0 aliphatic heterocycles. The molecule has 0 saturated heterocycles. The van der Waals surface area contributed by atoms with Crippen molar-refractivity contribution < 1.29 is 24.5 Å². The number of hydrogen-bond donors (Lipinski definition) is 3. The van der Waals surface area contributed by atoms with Crippen molar-refractivity contribution in [3.05, 3.63) is 134 Å². The third kappa shape index (κ3) is 46.3. The first kappa shape index (κ1) is 61.0. The average Bonchev–Trinajstić information content (AvgIpc) is 3.30. The number of aliphatic hydroxyl groups excluding tert-OH is 2. The Bertz CT molecular complexity index is 1420. The van der Waals surface area contributed by atoms with Crippen LogP contribution in [0, 0.1) is 0 Å². The van der Waals surface area contributed by atoms with Crippen molar-refractivity contribution in [1.82, 2.24) is 5.32 Å². The third-order valence-corrected chi connectivity index (χ3v) is 11.0. The molecule has 0 aliphatic rings. The van der Waals surface area contributed by atoms with Gasteiger partial charge in [0.15, 0.2) is 0 Å². The number of allylic oxidation sites excluding steroid dienone is 22. The van der Waals surface area contributed by atoms with Gasteiger partial charge in [-0.05, 0) is 57.8 Å². The van der Waals surface area contributed by atoms with E-state index in [-0.39, 0.29) is 24.9 Å². The molecule has 6 heteroatoms. The molecular formula is C59H95NO5. The Labute approximate surface area is 399 Å². The van der Waals surface area contributed by atoms with Crippen LogP contribution in [0.5, 0.6) is 0 Å². The Hall–Kier alpha value is -4.00. The first-order valence-corrected chi connectivity index (χ1v) is 26.1. The van der Waals surface area contributed by atoms with Crippen LogP contribution in [-0.2, 0) is 14.3 Å². The molecule has 3 N–H and O–H groups in total. The highest BCUT2D eigenvalue weighted by molar-refractivity contribution is 5.77. The molecular weight excluding hydrogens is 803 g/mol. The number of carbonyl (C=O) groups excluding carboxylic acids is 2. The maximum atomic E-state index is 13.2. The summed E-state index contributed by atoms with van der Waals surface area (Å²) < 4.78 is 5.87. The fourth-order valence-corrected chi connectivity index (χ4v) is 7.13. The summed E-state index contributed by atoms with van der Waals surface area (Å²) in [4.78, 5) is 26.1. The normalized spacial score (nSPS) is 14.4. The summed E-state index contributed by atoms with van der Waals surface area (Å²) in [5.74, 6) is -0.612. The molecule has 6 nitrogen and oxygen atoms in total. The van der Waals surface area contributed by atoms with Crippen molar-refractivity contribution in [2.24, 2.45) is 0 Å². The van der Waals surface area contributed by atoms with Gasteiger partial charge in [-0.15, -0.1) is 0 Å². The smallest absolute Gasteiger partial charge is 0.306 e. The molecule has 0 bridgehead atoms. The van der Waals surface area contributed by atoms with Gasteiger partial charge in [0.25, 0.3) is 0 Å². The Morgan fingerprint density at radius 3 is 1.28 bits per heavy atom. The van der Waals surface area contributed by atoms with Gasteiger partial charge in [0.2, 0.25) is 5.91 Å². The maximum absolute atomic E-state index is 13.2. The molecule has 0 aromatic carbocycles. The molecule has 65 heavy (non-hydrogen) atoms. The van der Waals surface area contributed by atoms with Gasteiger partial charge >= 0.3 is 5.97 Å². The van der Waals surface area contributed by atoms with E-state index in [1.807, 2.05) is 109 Å². The van der Waals surface area contributed by atoms with Gasteiger partial charge in [0, 0.05) is 6.42 Å². The minimum atomic E-state index is -0.825. The predicted octanol–water partition coefficient (Wildman–Crippen LogP) is 15.8. The van der Waals surface area contributed by atoms with Gasteiger partial charge in [0.05, 0.1) is 25.2 Å². The number of esters is 1. The number of rotatable bonds is 44. The maximum Gasteiger partial charge on any atom is 0.306 e. The van der Waals surface area contributed by atoms with E-state index in [0.717, 1.165) is 70.6 Å². The molecule has 366 valence electrons.